The smallest absolute Gasteiger partial charge is 0.264 e. The summed E-state index contributed by atoms with van der Waals surface area (Å²) in [7, 11) is 0. The first-order chi connectivity index (χ1) is 8.59. The average molecular weight is 311 g/mol. The van der Waals surface area contributed by atoms with Crippen LogP contribution in [0.2, 0.25) is 0 Å². The number of halogens is 2. The van der Waals surface area contributed by atoms with Crippen LogP contribution in [0.5, 0.6) is 0 Å². The van der Waals surface area contributed by atoms with Crippen molar-refractivity contribution in [2.24, 2.45) is 0 Å². The molecule has 0 saturated heterocycles. The average Bonchev–Trinajstić information content (AvgIpc) is 2.38. The Morgan fingerprint density at radius 1 is 1.28 bits per heavy atom. The molecule has 0 aliphatic heterocycles. The van der Waals surface area contributed by atoms with Crippen molar-refractivity contribution >= 4 is 21.7 Å². The van der Waals surface area contributed by atoms with Crippen LogP contribution in [0.4, 0.5) is 4.39 Å². The third-order valence-corrected chi connectivity index (χ3v) is 3.21. The second kappa shape index (κ2) is 5.22. The first-order valence-electron chi connectivity index (χ1n) is 5.08. The lowest BCUT2D eigenvalue weighted by atomic mass is 10.1. The van der Waals surface area contributed by atoms with Crippen LogP contribution in [0, 0.1) is 5.82 Å². The minimum absolute atomic E-state index is 0.0209. The third kappa shape index (κ3) is 2.53. The molecule has 1 aromatic carbocycles. The molecule has 1 aromatic heterocycles. The highest BCUT2D eigenvalue weighted by molar-refractivity contribution is 9.09. The summed E-state index contributed by atoms with van der Waals surface area (Å²) in [6.45, 7) is 0. The van der Waals surface area contributed by atoms with E-state index in [0.717, 1.165) is 0 Å². The Morgan fingerprint density at radius 2 is 2.00 bits per heavy atom. The van der Waals surface area contributed by atoms with Crippen LogP contribution in [-0.4, -0.2) is 16.0 Å². The Balaban J connectivity index is 2.32. The minimum Gasteiger partial charge on any atom is -0.292 e. The lowest BCUT2D eigenvalue weighted by molar-refractivity contribution is 0.0986. The van der Waals surface area contributed by atoms with Gasteiger partial charge >= 0.3 is 0 Å². The lowest BCUT2D eigenvalue weighted by Crippen LogP contribution is -2.14. The van der Waals surface area contributed by atoms with E-state index in [9.17, 15) is 14.0 Å². The Hall–Kier alpha value is -1.82. The summed E-state index contributed by atoms with van der Waals surface area (Å²) in [6.07, 6.45) is 0. The van der Waals surface area contributed by atoms with E-state index in [1.54, 1.807) is 6.07 Å². The molecule has 0 fully saturated rings. The topological polar surface area (TPSA) is 62.8 Å². The summed E-state index contributed by atoms with van der Waals surface area (Å²) in [4.78, 5) is 22.1. The number of hydrogen-bond donors (Lipinski definition) is 1. The summed E-state index contributed by atoms with van der Waals surface area (Å²) in [5.41, 5.74) is -0.0629. The van der Waals surface area contributed by atoms with E-state index in [2.05, 4.69) is 26.1 Å². The second-order valence-electron chi connectivity index (χ2n) is 3.55. The number of hydrogen-bond acceptors (Lipinski definition) is 3. The van der Waals surface area contributed by atoms with Gasteiger partial charge in [0.2, 0.25) is 0 Å². The summed E-state index contributed by atoms with van der Waals surface area (Å²) < 4.78 is 13.5. The molecular formula is C12H8BrFN2O2. The Kier molecular flexibility index (Phi) is 3.66. The van der Waals surface area contributed by atoms with Crippen LogP contribution in [-0.2, 0) is 0 Å². The van der Waals surface area contributed by atoms with Gasteiger partial charge in [-0.15, -0.1) is 0 Å². The van der Waals surface area contributed by atoms with Gasteiger partial charge in [-0.3, -0.25) is 9.59 Å². The molecule has 4 nitrogen and oxygen atoms in total. The van der Waals surface area contributed by atoms with Gasteiger partial charge in [0.15, 0.2) is 5.78 Å². The molecule has 0 bridgehead atoms. The van der Waals surface area contributed by atoms with Crippen molar-refractivity contribution in [3.63, 3.8) is 0 Å². The highest BCUT2D eigenvalue weighted by Crippen LogP contribution is 2.25. The van der Waals surface area contributed by atoms with Crippen molar-refractivity contribution in [3.05, 3.63) is 63.8 Å². The number of aromatic amines is 1. The molecule has 2 rings (SSSR count). The normalized spacial score (nSPS) is 12.1. The van der Waals surface area contributed by atoms with Crippen LogP contribution in [0.15, 0.2) is 41.2 Å². The fourth-order valence-electron chi connectivity index (χ4n) is 1.43. The molecule has 0 radical (unpaired) electrons. The van der Waals surface area contributed by atoms with Crippen molar-refractivity contribution < 1.29 is 9.18 Å². The molecule has 1 heterocycles. The molecule has 0 spiro atoms. The highest BCUT2D eigenvalue weighted by Gasteiger charge is 2.22. The monoisotopic (exact) mass is 310 g/mol. The van der Waals surface area contributed by atoms with E-state index in [0.29, 0.717) is 5.69 Å². The number of rotatable bonds is 3. The largest absolute Gasteiger partial charge is 0.292 e. The van der Waals surface area contributed by atoms with Gasteiger partial charge in [0.1, 0.15) is 10.6 Å². The number of carbonyl (C=O) groups is 1. The predicted octanol–water partition coefficient (Wildman–Crippen LogP) is 2.23. The Labute approximate surface area is 110 Å². The lowest BCUT2D eigenvalue weighted by Gasteiger charge is -2.08. The van der Waals surface area contributed by atoms with Crippen LogP contribution in [0.25, 0.3) is 0 Å². The summed E-state index contributed by atoms with van der Waals surface area (Å²) in [5.74, 6) is -1.04. The first-order valence-corrected chi connectivity index (χ1v) is 5.99. The van der Waals surface area contributed by atoms with Crippen molar-refractivity contribution in [1.82, 2.24) is 10.2 Å². The van der Waals surface area contributed by atoms with E-state index >= 15 is 0 Å². The zero-order chi connectivity index (χ0) is 13.1. The molecule has 2 aromatic rings. The molecule has 18 heavy (non-hydrogen) atoms. The second-order valence-corrected chi connectivity index (χ2v) is 4.47. The predicted molar refractivity (Wildman–Crippen MR) is 67.3 cm³/mol. The first kappa shape index (κ1) is 12.6. The van der Waals surface area contributed by atoms with Gasteiger partial charge in [-0.25, -0.2) is 9.49 Å². The summed E-state index contributed by atoms with van der Waals surface area (Å²) in [5, 5.41) is 5.95. The number of ketones is 1. The molecule has 1 atom stereocenters. The van der Waals surface area contributed by atoms with E-state index in [1.165, 1.54) is 30.3 Å². The van der Waals surface area contributed by atoms with Gasteiger partial charge in [0.25, 0.3) is 5.56 Å². The van der Waals surface area contributed by atoms with E-state index < -0.39 is 16.4 Å². The maximum atomic E-state index is 13.5. The van der Waals surface area contributed by atoms with Crippen LogP contribution >= 0.6 is 15.9 Å². The highest BCUT2D eigenvalue weighted by atomic mass is 79.9. The molecule has 1 unspecified atom stereocenters. The summed E-state index contributed by atoms with van der Waals surface area (Å²) in [6, 6.07) is 8.37. The van der Waals surface area contributed by atoms with Gasteiger partial charge < -0.3 is 0 Å². The maximum Gasteiger partial charge on any atom is 0.264 e. The van der Waals surface area contributed by atoms with E-state index in [1.807, 2.05) is 0 Å². The van der Waals surface area contributed by atoms with Gasteiger partial charge in [-0.1, -0.05) is 28.1 Å². The molecule has 1 N–H and O–H groups in total. The standard InChI is InChI=1S/C12H8BrFN2O2/c13-11(9-5-6-10(17)16-15-9)12(18)7-3-1-2-4-8(7)14/h1-6,11H,(H,16,17). The molecule has 6 heteroatoms. The quantitative estimate of drug-likeness (QED) is 0.698. The fraction of sp³-hybridized carbons (Fsp3) is 0.0833. The Bertz CT molecular complexity index is 621. The minimum atomic E-state index is -0.800. The number of aromatic nitrogens is 2. The van der Waals surface area contributed by atoms with E-state index in [-0.39, 0.29) is 11.1 Å². The number of benzene rings is 1. The van der Waals surface area contributed by atoms with Crippen molar-refractivity contribution in [1.29, 1.82) is 0 Å². The number of nitrogens with one attached hydrogen (secondary N) is 1. The molecule has 0 aliphatic rings. The molecule has 0 saturated carbocycles. The van der Waals surface area contributed by atoms with Crippen molar-refractivity contribution in [3.8, 4) is 0 Å². The van der Waals surface area contributed by atoms with Gasteiger partial charge in [-0.2, -0.15) is 5.10 Å². The van der Waals surface area contributed by atoms with Crippen molar-refractivity contribution in [2.45, 2.75) is 4.83 Å². The Morgan fingerprint density at radius 3 is 2.61 bits per heavy atom. The SMILES string of the molecule is O=C(c1ccccc1F)C(Br)c1ccc(=O)[nH]n1. The van der Waals surface area contributed by atoms with Gasteiger partial charge in [0, 0.05) is 6.07 Å². The number of alkyl halides is 1. The number of H-pyrrole nitrogens is 1. The number of carbonyl (C=O) groups excluding carboxylic acids is 1. The molecule has 92 valence electrons. The van der Waals surface area contributed by atoms with Crippen LogP contribution in [0.1, 0.15) is 20.9 Å². The molecular weight excluding hydrogens is 303 g/mol. The van der Waals surface area contributed by atoms with Gasteiger partial charge in [0.05, 0.1) is 11.3 Å². The zero-order valence-corrected chi connectivity index (χ0v) is 10.6. The van der Waals surface area contributed by atoms with Crippen LogP contribution in [0.3, 0.4) is 0 Å². The van der Waals surface area contributed by atoms with E-state index in [4.69, 9.17) is 0 Å². The fourth-order valence-corrected chi connectivity index (χ4v) is 1.93. The summed E-state index contributed by atoms with van der Waals surface area (Å²) >= 11 is 3.15. The third-order valence-electron chi connectivity index (χ3n) is 2.33. The molecule has 0 aliphatic carbocycles. The van der Waals surface area contributed by atoms with Crippen LogP contribution < -0.4 is 5.56 Å². The number of nitrogens with zero attached hydrogens (tertiary/aromatic N) is 1. The zero-order valence-electron chi connectivity index (χ0n) is 9.06. The molecule has 0 amide bonds. The van der Waals surface area contributed by atoms with Crippen molar-refractivity contribution in [2.75, 3.05) is 0 Å². The maximum absolute atomic E-state index is 13.5. The number of Topliss-reactive ketones (excluding diaryl/α,β-unsaturated/α-hetero) is 1. The van der Waals surface area contributed by atoms with Gasteiger partial charge in [-0.05, 0) is 18.2 Å².